The number of hydrogen-bond donors (Lipinski definition) is 0. The van der Waals surface area contributed by atoms with E-state index in [-0.39, 0.29) is 0 Å². The van der Waals surface area contributed by atoms with Crippen LogP contribution in [-0.4, -0.2) is 0 Å². The Morgan fingerprint density at radius 1 is 1.05 bits per heavy atom. The third-order valence-corrected chi connectivity index (χ3v) is 6.70. The molecule has 0 amide bonds. The van der Waals surface area contributed by atoms with Crippen LogP contribution in [0.4, 0.5) is 0 Å². The van der Waals surface area contributed by atoms with Gasteiger partial charge in [0.05, 0.1) is 0 Å². The lowest BCUT2D eigenvalue weighted by molar-refractivity contribution is 0.326. The van der Waals surface area contributed by atoms with Crippen molar-refractivity contribution >= 4 is 0 Å². The zero-order valence-corrected chi connectivity index (χ0v) is 13.6. The molecule has 0 bridgehead atoms. The summed E-state index contributed by atoms with van der Waals surface area (Å²) in [5.74, 6) is 4.59. The Balaban J connectivity index is 1.69. The van der Waals surface area contributed by atoms with Gasteiger partial charge in [0.1, 0.15) is 0 Å². The number of hydrogen-bond acceptors (Lipinski definition) is 0. The van der Waals surface area contributed by atoms with Crippen LogP contribution in [0.5, 0.6) is 0 Å². The van der Waals surface area contributed by atoms with E-state index in [1.54, 1.807) is 0 Å². The summed E-state index contributed by atoms with van der Waals surface area (Å²) in [6, 6.07) is 0. The second kappa shape index (κ2) is 5.63. The molecule has 5 unspecified atom stereocenters. The Morgan fingerprint density at radius 3 is 2.14 bits per heavy atom. The smallest absolute Gasteiger partial charge is 0.0108 e. The molecule has 0 heterocycles. The Labute approximate surface area is 130 Å². The lowest BCUT2D eigenvalue weighted by Crippen LogP contribution is -2.10. The van der Waals surface area contributed by atoms with Gasteiger partial charge < -0.3 is 0 Å². The van der Waals surface area contributed by atoms with Gasteiger partial charge in [-0.1, -0.05) is 49.5 Å². The molecular formula is C21H30. The number of fused-ring (bicyclic) bond motifs is 1. The first kappa shape index (κ1) is 14.9. The Morgan fingerprint density at radius 2 is 1.62 bits per heavy atom. The van der Waals surface area contributed by atoms with Crippen molar-refractivity contribution < 1.29 is 0 Å². The molecule has 3 aliphatic rings. The summed E-state index contributed by atoms with van der Waals surface area (Å²) >= 11 is 0. The fourth-order valence-electron chi connectivity index (χ4n) is 5.41. The minimum atomic E-state index is 0.661. The predicted octanol–water partition coefficient (Wildman–Crippen LogP) is 5.94. The molecule has 0 N–H and O–H groups in total. The lowest BCUT2D eigenvalue weighted by atomic mass is 9.85. The highest BCUT2D eigenvalue weighted by Crippen LogP contribution is 2.57. The highest BCUT2D eigenvalue weighted by Gasteiger charge is 2.46. The second-order valence-corrected chi connectivity index (χ2v) is 7.69. The summed E-state index contributed by atoms with van der Waals surface area (Å²) in [6.45, 7) is 19.3. The van der Waals surface area contributed by atoms with Crippen LogP contribution in [0, 0.1) is 35.5 Å². The first-order valence-corrected chi connectivity index (χ1v) is 8.70. The highest BCUT2D eigenvalue weighted by atomic mass is 14.5. The van der Waals surface area contributed by atoms with Crippen molar-refractivity contribution in [3.05, 3.63) is 49.1 Å². The average Bonchev–Trinajstić information content (AvgIpc) is 3.14. The maximum atomic E-state index is 4.32. The van der Waals surface area contributed by atoms with Crippen LogP contribution in [0.1, 0.15) is 45.4 Å². The molecule has 3 aliphatic carbocycles. The standard InChI is InChI=1S/C21H30/c1-6-13(3)19-10-17(9-16(19)7-2)18-11-20-14(4)8-15(5)21(20)12-18/h7,16-21H,2-6,8-12H2,1H3. The molecule has 0 spiro atoms. The molecule has 3 fully saturated rings. The fraction of sp³-hybridized carbons (Fsp3) is 0.619. The molecule has 0 heteroatoms. The van der Waals surface area contributed by atoms with E-state index >= 15 is 0 Å². The SMILES string of the molecule is C=CC1CC(C2CC3C(=C)CC(=C)C3C2)CC1C(=C)CC. The molecule has 21 heavy (non-hydrogen) atoms. The molecule has 0 radical (unpaired) electrons. The van der Waals surface area contributed by atoms with Gasteiger partial charge in [-0.05, 0) is 74.0 Å². The van der Waals surface area contributed by atoms with Crippen LogP contribution < -0.4 is 0 Å². The minimum Gasteiger partial charge on any atom is -0.103 e. The summed E-state index contributed by atoms with van der Waals surface area (Å²) in [6.07, 6.45) is 9.80. The largest absolute Gasteiger partial charge is 0.103 e. The predicted molar refractivity (Wildman–Crippen MR) is 91.9 cm³/mol. The molecule has 0 aromatic rings. The quantitative estimate of drug-likeness (QED) is 0.560. The third-order valence-electron chi connectivity index (χ3n) is 6.70. The Bertz CT molecular complexity index is 458. The van der Waals surface area contributed by atoms with Crippen LogP contribution in [0.3, 0.4) is 0 Å². The first-order valence-electron chi connectivity index (χ1n) is 8.70. The lowest BCUT2D eigenvalue weighted by Gasteiger charge is -2.20. The number of rotatable bonds is 4. The second-order valence-electron chi connectivity index (χ2n) is 7.69. The Kier molecular flexibility index (Phi) is 3.99. The van der Waals surface area contributed by atoms with Crippen molar-refractivity contribution in [2.24, 2.45) is 35.5 Å². The highest BCUT2D eigenvalue weighted by molar-refractivity contribution is 5.29. The van der Waals surface area contributed by atoms with Crippen LogP contribution >= 0.6 is 0 Å². The summed E-state index contributed by atoms with van der Waals surface area (Å²) < 4.78 is 0. The monoisotopic (exact) mass is 282 g/mol. The molecule has 114 valence electrons. The van der Waals surface area contributed by atoms with E-state index in [1.165, 1.54) is 42.4 Å². The van der Waals surface area contributed by atoms with Crippen molar-refractivity contribution in [2.75, 3.05) is 0 Å². The van der Waals surface area contributed by atoms with Crippen molar-refractivity contribution in [1.29, 1.82) is 0 Å². The van der Waals surface area contributed by atoms with E-state index < -0.39 is 0 Å². The van der Waals surface area contributed by atoms with Crippen LogP contribution in [-0.2, 0) is 0 Å². The minimum absolute atomic E-state index is 0.661. The van der Waals surface area contributed by atoms with Crippen molar-refractivity contribution in [3.8, 4) is 0 Å². The molecule has 5 atom stereocenters. The van der Waals surface area contributed by atoms with Crippen molar-refractivity contribution in [1.82, 2.24) is 0 Å². The van der Waals surface area contributed by atoms with E-state index in [0.29, 0.717) is 11.8 Å². The number of allylic oxidation sites excluding steroid dienone is 4. The zero-order chi connectivity index (χ0) is 15.1. The van der Waals surface area contributed by atoms with E-state index in [0.717, 1.165) is 36.5 Å². The van der Waals surface area contributed by atoms with Gasteiger partial charge in [-0.3, -0.25) is 0 Å². The van der Waals surface area contributed by atoms with Crippen molar-refractivity contribution in [3.63, 3.8) is 0 Å². The van der Waals surface area contributed by atoms with Gasteiger partial charge in [-0.15, -0.1) is 6.58 Å². The van der Waals surface area contributed by atoms with Gasteiger partial charge >= 0.3 is 0 Å². The van der Waals surface area contributed by atoms with Gasteiger partial charge in [-0.2, -0.15) is 0 Å². The topological polar surface area (TPSA) is 0 Å². The molecule has 0 nitrogen and oxygen atoms in total. The summed E-state index contributed by atoms with van der Waals surface area (Å²) in [4.78, 5) is 0. The van der Waals surface area contributed by atoms with E-state index in [2.05, 4.69) is 39.3 Å². The van der Waals surface area contributed by atoms with E-state index in [9.17, 15) is 0 Å². The van der Waals surface area contributed by atoms with Crippen LogP contribution in [0.15, 0.2) is 49.1 Å². The molecule has 3 saturated carbocycles. The molecule has 0 saturated heterocycles. The van der Waals surface area contributed by atoms with Gasteiger partial charge in [0, 0.05) is 0 Å². The third kappa shape index (κ3) is 2.47. The van der Waals surface area contributed by atoms with Crippen LogP contribution in [0.2, 0.25) is 0 Å². The fourth-order valence-corrected chi connectivity index (χ4v) is 5.41. The van der Waals surface area contributed by atoms with Crippen LogP contribution in [0.25, 0.3) is 0 Å². The Hall–Kier alpha value is -1.04. The van der Waals surface area contributed by atoms with E-state index in [1.807, 2.05) is 0 Å². The van der Waals surface area contributed by atoms with E-state index in [4.69, 9.17) is 0 Å². The first-order chi connectivity index (χ1) is 10.0. The average molecular weight is 282 g/mol. The zero-order valence-electron chi connectivity index (χ0n) is 13.6. The molecule has 0 aromatic heterocycles. The summed E-state index contributed by atoms with van der Waals surface area (Å²) in [7, 11) is 0. The molecular weight excluding hydrogens is 252 g/mol. The van der Waals surface area contributed by atoms with Gasteiger partial charge in [0.2, 0.25) is 0 Å². The normalized spacial score (nSPS) is 42.3. The molecule has 0 aromatic carbocycles. The maximum Gasteiger partial charge on any atom is -0.0108 e. The maximum absolute atomic E-state index is 4.32. The van der Waals surface area contributed by atoms with Gasteiger partial charge in [0.15, 0.2) is 0 Å². The summed E-state index contributed by atoms with van der Waals surface area (Å²) in [5.41, 5.74) is 4.36. The van der Waals surface area contributed by atoms with Gasteiger partial charge in [-0.25, -0.2) is 0 Å². The van der Waals surface area contributed by atoms with Crippen molar-refractivity contribution in [2.45, 2.75) is 45.4 Å². The van der Waals surface area contributed by atoms with Gasteiger partial charge in [0.25, 0.3) is 0 Å². The summed E-state index contributed by atoms with van der Waals surface area (Å²) in [5, 5.41) is 0. The molecule has 0 aliphatic heterocycles. The molecule has 3 rings (SSSR count).